The minimum absolute atomic E-state index is 0.0451. The van der Waals surface area contributed by atoms with Gasteiger partial charge in [-0.3, -0.25) is 4.99 Å². The summed E-state index contributed by atoms with van der Waals surface area (Å²) in [7, 11) is -3.19. The van der Waals surface area contributed by atoms with Gasteiger partial charge in [-0.15, -0.1) is 0 Å². The Hall–Kier alpha value is -1.55. The minimum Gasteiger partial charge on any atom is -0.450 e. The molecule has 0 aromatic rings. The highest BCUT2D eigenvalue weighted by atomic mass is 32.2. The van der Waals surface area contributed by atoms with E-state index in [-0.39, 0.29) is 36.9 Å². The number of carbonyl (C=O) groups excluding carboxylic acids is 1. The third kappa shape index (κ3) is 7.51. The minimum atomic E-state index is -3.19. The van der Waals surface area contributed by atoms with Crippen LogP contribution in [0.5, 0.6) is 0 Å². The molecule has 1 aliphatic heterocycles. The Balaban J connectivity index is 2.26. The topological polar surface area (TPSA) is 126 Å². The SMILES string of the molecule is CCOC(=O)N1CCC(NC(N)=NCCNS(=O)(=O)CC)CC1. The van der Waals surface area contributed by atoms with Crippen molar-refractivity contribution in [2.45, 2.75) is 32.7 Å². The highest BCUT2D eigenvalue weighted by Crippen LogP contribution is 2.11. The first-order chi connectivity index (χ1) is 10.9. The molecular formula is C13H27N5O4S. The predicted molar refractivity (Wildman–Crippen MR) is 88.7 cm³/mol. The Morgan fingerprint density at radius 3 is 2.57 bits per heavy atom. The van der Waals surface area contributed by atoms with Crippen LogP contribution in [-0.2, 0) is 14.8 Å². The molecule has 0 bridgehead atoms. The average Bonchev–Trinajstić information content (AvgIpc) is 2.52. The van der Waals surface area contributed by atoms with Crippen molar-refractivity contribution in [3.63, 3.8) is 0 Å². The summed E-state index contributed by atoms with van der Waals surface area (Å²) >= 11 is 0. The molecule has 0 unspecified atom stereocenters. The fourth-order valence-corrected chi connectivity index (χ4v) is 2.76. The lowest BCUT2D eigenvalue weighted by molar-refractivity contribution is 0.0963. The molecule has 1 heterocycles. The number of nitrogens with zero attached hydrogens (tertiary/aromatic N) is 2. The molecule has 1 amide bonds. The number of hydrogen-bond donors (Lipinski definition) is 3. The fourth-order valence-electron chi connectivity index (χ4n) is 2.16. The number of ether oxygens (including phenoxy) is 1. The van der Waals surface area contributed by atoms with Gasteiger partial charge in [0.05, 0.1) is 18.9 Å². The maximum Gasteiger partial charge on any atom is 0.409 e. The van der Waals surface area contributed by atoms with Crippen LogP contribution in [0.2, 0.25) is 0 Å². The number of carbonyl (C=O) groups is 1. The van der Waals surface area contributed by atoms with Gasteiger partial charge in [0.25, 0.3) is 0 Å². The highest BCUT2D eigenvalue weighted by molar-refractivity contribution is 7.89. The largest absolute Gasteiger partial charge is 0.450 e. The lowest BCUT2D eigenvalue weighted by atomic mass is 10.1. The van der Waals surface area contributed by atoms with Gasteiger partial charge in [-0.2, -0.15) is 0 Å². The first kappa shape index (κ1) is 19.5. The lowest BCUT2D eigenvalue weighted by Gasteiger charge is -2.31. The van der Waals surface area contributed by atoms with E-state index in [1.165, 1.54) is 0 Å². The van der Waals surface area contributed by atoms with Crippen LogP contribution in [0.1, 0.15) is 26.7 Å². The second kappa shape index (κ2) is 9.56. The van der Waals surface area contributed by atoms with Crippen molar-refractivity contribution in [3.05, 3.63) is 0 Å². The van der Waals surface area contributed by atoms with Crippen LogP contribution in [0.15, 0.2) is 4.99 Å². The molecule has 0 atom stereocenters. The Kier molecular flexibility index (Phi) is 8.10. The van der Waals surface area contributed by atoms with E-state index in [1.807, 2.05) is 0 Å². The maximum absolute atomic E-state index is 11.6. The summed E-state index contributed by atoms with van der Waals surface area (Å²) in [6.45, 7) is 5.45. The smallest absolute Gasteiger partial charge is 0.409 e. The number of piperidine rings is 1. The standard InChI is InChI=1S/C13H27N5O4S/c1-3-22-13(19)18-9-5-11(6-10-18)17-12(14)15-7-8-16-23(20,21)4-2/h11,16H,3-10H2,1-2H3,(H3,14,15,17). The van der Waals surface area contributed by atoms with E-state index in [0.717, 1.165) is 12.8 Å². The van der Waals surface area contributed by atoms with E-state index in [9.17, 15) is 13.2 Å². The number of hydrogen-bond acceptors (Lipinski definition) is 5. The summed E-state index contributed by atoms with van der Waals surface area (Å²) in [5.41, 5.74) is 5.79. The molecule has 1 saturated heterocycles. The predicted octanol–water partition coefficient (Wildman–Crippen LogP) is -0.549. The quantitative estimate of drug-likeness (QED) is 0.322. The second-order valence-corrected chi connectivity index (χ2v) is 7.26. The highest BCUT2D eigenvalue weighted by Gasteiger charge is 2.23. The molecular weight excluding hydrogens is 322 g/mol. The Labute approximate surface area is 137 Å². The molecule has 9 nitrogen and oxygen atoms in total. The molecule has 0 radical (unpaired) electrons. The van der Waals surface area contributed by atoms with E-state index >= 15 is 0 Å². The summed E-state index contributed by atoms with van der Waals surface area (Å²) in [5, 5.41) is 3.09. The zero-order valence-electron chi connectivity index (χ0n) is 13.7. The molecule has 1 rings (SSSR count). The summed E-state index contributed by atoms with van der Waals surface area (Å²) in [6, 6.07) is 0.150. The summed E-state index contributed by atoms with van der Waals surface area (Å²) in [6.07, 6.45) is 1.24. The van der Waals surface area contributed by atoms with Crippen LogP contribution in [0.4, 0.5) is 4.79 Å². The normalized spacial score (nSPS) is 17.1. The van der Waals surface area contributed by atoms with Crippen LogP contribution >= 0.6 is 0 Å². The number of nitrogens with two attached hydrogens (primary N) is 1. The molecule has 0 spiro atoms. The zero-order chi connectivity index (χ0) is 17.3. The number of aliphatic imine (C=N–C) groups is 1. The van der Waals surface area contributed by atoms with E-state index in [2.05, 4.69) is 15.0 Å². The second-order valence-electron chi connectivity index (χ2n) is 5.17. The summed E-state index contributed by atoms with van der Waals surface area (Å²) < 4.78 is 29.9. The van der Waals surface area contributed by atoms with Crippen LogP contribution in [0.3, 0.4) is 0 Å². The monoisotopic (exact) mass is 349 g/mol. The maximum atomic E-state index is 11.6. The van der Waals surface area contributed by atoms with Gasteiger partial charge in [0.15, 0.2) is 5.96 Å². The van der Waals surface area contributed by atoms with Gasteiger partial charge in [-0.1, -0.05) is 0 Å². The van der Waals surface area contributed by atoms with E-state index < -0.39 is 10.0 Å². The number of likely N-dealkylation sites (tertiary alicyclic amines) is 1. The van der Waals surface area contributed by atoms with Gasteiger partial charge in [-0.05, 0) is 26.7 Å². The zero-order valence-corrected chi connectivity index (χ0v) is 14.6. The van der Waals surface area contributed by atoms with Gasteiger partial charge in [0, 0.05) is 25.7 Å². The van der Waals surface area contributed by atoms with Crippen LogP contribution in [0, 0.1) is 0 Å². The van der Waals surface area contributed by atoms with Crippen molar-refractivity contribution in [1.29, 1.82) is 0 Å². The van der Waals surface area contributed by atoms with Gasteiger partial charge in [0.1, 0.15) is 0 Å². The van der Waals surface area contributed by atoms with Gasteiger partial charge >= 0.3 is 6.09 Å². The third-order valence-corrected chi connectivity index (χ3v) is 4.87. The molecule has 23 heavy (non-hydrogen) atoms. The van der Waals surface area contributed by atoms with Gasteiger partial charge in [-0.25, -0.2) is 17.9 Å². The Morgan fingerprint density at radius 1 is 1.35 bits per heavy atom. The molecule has 0 aliphatic carbocycles. The number of sulfonamides is 1. The summed E-state index contributed by atoms with van der Waals surface area (Å²) in [5.74, 6) is 0.332. The molecule has 134 valence electrons. The summed E-state index contributed by atoms with van der Waals surface area (Å²) in [4.78, 5) is 17.4. The van der Waals surface area contributed by atoms with Crippen molar-refractivity contribution in [2.24, 2.45) is 10.7 Å². The Bertz CT molecular complexity index is 500. The fraction of sp³-hybridized carbons (Fsp3) is 0.846. The number of nitrogens with one attached hydrogen (secondary N) is 2. The molecule has 10 heteroatoms. The van der Waals surface area contributed by atoms with Crippen LogP contribution < -0.4 is 15.8 Å². The Morgan fingerprint density at radius 2 is 2.00 bits per heavy atom. The van der Waals surface area contributed by atoms with Crippen LogP contribution in [-0.4, -0.2) is 70.0 Å². The van der Waals surface area contributed by atoms with Gasteiger partial charge in [0.2, 0.25) is 10.0 Å². The van der Waals surface area contributed by atoms with Crippen molar-refractivity contribution in [2.75, 3.05) is 38.5 Å². The van der Waals surface area contributed by atoms with Crippen molar-refractivity contribution < 1.29 is 17.9 Å². The number of rotatable bonds is 7. The number of amides is 1. The van der Waals surface area contributed by atoms with Crippen molar-refractivity contribution in [1.82, 2.24) is 14.9 Å². The first-order valence-corrected chi connectivity index (χ1v) is 9.48. The lowest BCUT2D eigenvalue weighted by Crippen LogP contribution is -2.48. The van der Waals surface area contributed by atoms with E-state index in [1.54, 1.807) is 18.7 Å². The van der Waals surface area contributed by atoms with Gasteiger partial charge < -0.3 is 20.7 Å². The molecule has 4 N–H and O–H groups in total. The molecule has 0 saturated carbocycles. The van der Waals surface area contributed by atoms with Crippen molar-refractivity contribution in [3.8, 4) is 0 Å². The molecule has 0 aromatic heterocycles. The van der Waals surface area contributed by atoms with Crippen molar-refractivity contribution >= 4 is 22.1 Å². The van der Waals surface area contributed by atoms with E-state index in [4.69, 9.17) is 10.5 Å². The van der Waals surface area contributed by atoms with Crippen LogP contribution in [0.25, 0.3) is 0 Å². The molecule has 0 aromatic carbocycles. The average molecular weight is 349 g/mol. The molecule has 1 fully saturated rings. The van der Waals surface area contributed by atoms with E-state index in [0.29, 0.717) is 19.7 Å². The first-order valence-electron chi connectivity index (χ1n) is 7.83. The molecule has 1 aliphatic rings. The third-order valence-electron chi connectivity index (χ3n) is 3.47. The number of guanidine groups is 1.